The zero-order valence-electron chi connectivity index (χ0n) is 11.5. The van der Waals surface area contributed by atoms with Crippen molar-refractivity contribution < 1.29 is 18.7 Å². The molecule has 0 bridgehead atoms. The van der Waals surface area contributed by atoms with Crippen LogP contribution in [0.3, 0.4) is 0 Å². The summed E-state index contributed by atoms with van der Waals surface area (Å²) in [7, 11) is 0. The van der Waals surface area contributed by atoms with E-state index in [-0.39, 0.29) is 12.4 Å². The second kappa shape index (κ2) is 7.59. The van der Waals surface area contributed by atoms with Crippen molar-refractivity contribution in [2.75, 3.05) is 6.61 Å². The van der Waals surface area contributed by atoms with Gasteiger partial charge in [0.15, 0.2) is 0 Å². The van der Waals surface area contributed by atoms with Crippen LogP contribution in [0.25, 0.3) is 6.08 Å². The van der Waals surface area contributed by atoms with Crippen molar-refractivity contribution in [1.82, 2.24) is 0 Å². The molecule has 3 nitrogen and oxygen atoms in total. The monoisotopic (exact) mass is 306 g/mol. The van der Waals surface area contributed by atoms with E-state index in [0.717, 1.165) is 4.88 Å². The Hall–Kier alpha value is -2.14. The lowest BCUT2D eigenvalue weighted by molar-refractivity contribution is -0.143. The van der Waals surface area contributed by atoms with Crippen molar-refractivity contribution in [1.29, 1.82) is 0 Å². The first-order valence-electron chi connectivity index (χ1n) is 6.44. The normalized spacial score (nSPS) is 12.3. The van der Waals surface area contributed by atoms with Gasteiger partial charge < -0.3 is 9.47 Å². The molecule has 0 aliphatic heterocycles. The lowest BCUT2D eigenvalue weighted by Gasteiger charge is -2.13. The summed E-state index contributed by atoms with van der Waals surface area (Å²) in [6.07, 6.45) is 2.66. The van der Waals surface area contributed by atoms with E-state index in [1.54, 1.807) is 25.1 Å². The van der Waals surface area contributed by atoms with Crippen molar-refractivity contribution in [3.63, 3.8) is 0 Å². The van der Waals surface area contributed by atoms with Crippen molar-refractivity contribution in [2.24, 2.45) is 0 Å². The zero-order valence-corrected chi connectivity index (χ0v) is 12.3. The molecule has 0 aliphatic rings. The number of hydrogen-bond donors (Lipinski definition) is 0. The first kappa shape index (κ1) is 15.3. The Kier molecular flexibility index (Phi) is 5.51. The molecule has 1 aromatic carbocycles. The van der Waals surface area contributed by atoms with Gasteiger partial charge in [-0.3, -0.25) is 0 Å². The smallest absolute Gasteiger partial charge is 0.331 e. The number of carbonyl (C=O) groups excluding carboxylic acids is 1. The molecule has 1 unspecified atom stereocenters. The summed E-state index contributed by atoms with van der Waals surface area (Å²) >= 11 is 1.54. The second-order valence-electron chi connectivity index (χ2n) is 4.36. The van der Waals surface area contributed by atoms with E-state index in [9.17, 15) is 9.18 Å². The summed E-state index contributed by atoms with van der Waals surface area (Å²) in [5, 5.41) is 1.93. The highest BCUT2D eigenvalue weighted by molar-refractivity contribution is 7.10. The molecular weight excluding hydrogens is 291 g/mol. The zero-order chi connectivity index (χ0) is 15.1. The number of benzene rings is 1. The number of rotatable bonds is 6. The van der Waals surface area contributed by atoms with Gasteiger partial charge in [-0.15, -0.1) is 11.3 Å². The molecule has 0 fully saturated rings. The highest BCUT2D eigenvalue weighted by Gasteiger charge is 2.08. The molecule has 21 heavy (non-hydrogen) atoms. The minimum Gasteiger partial charge on any atom is -0.490 e. The van der Waals surface area contributed by atoms with Crippen LogP contribution in [-0.2, 0) is 9.53 Å². The maximum Gasteiger partial charge on any atom is 0.331 e. The Morgan fingerprint density at radius 2 is 2.24 bits per heavy atom. The predicted molar refractivity (Wildman–Crippen MR) is 80.8 cm³/mol. The Morgan fingerprint density at radius 3 is 2.95 bits per heavy atom. The molecule has 0 amide bonds. The van der Waals surface area contributed by atoms with Crippen LogP contribution in [0.2, 0.25) is 0 Å². The minimum atomic E-state index is -0.432. The Morgan fingerprint density at radius 1 is 1.38 bits per heavy atom. The third kappa shape index (κ3) is 5.39. The maximum absolute atomic E-state index is 13.0. The summed E-state index contributed by atoms with van der Waals surface area (Å²) in [6, 6.07) is 9.65. The average Bonchev–Trinajstić information content (AvgIpc) is 2.96. The van der Waals surface area contributed by atoms with Gasteiger partial charge in [0.2, 0.25) is 0 Å². The molecule has 110 valence electrons. The Balaban J connectivity index is 1.76. The fourth-order valence-electron chi connectivity index (χ4n) is 1.58. The highest BCUT2D eigenvalue weighted by atomic mass is 32.1. The van der Waals surface area contributed by atoms with Gasteiger partial charge >= 0.3 is 5.97 Å². The van der Waals surface area contributed by atoms with E-state index in [1.807, 2.05) is 17.5 Å². The third-order valence-corrected chi connectivity index (χ3v) is 3.36. The maximum atomic E-state index is 13.0. The van der Waals surface area contributed by atoms with Crippen LogP contribution in [0.4, 0.5) is 4.39 Å². The molecule has 0 radical (unpaired) electrons. The number of carbonyl (C=O) groups is 1. The highest BCUT2D eigenvalue weighted by Crippen LogP contribution is 2.13. The molecule has 1 aromatic heterocycles. The number of halogens is 1. The lowest BCUT2D eigenvalue weighted by atomic mass is 10.3. The molecule has 0 saturated carbocycles. The van der Waals surface area contributed by atoms with Crippen LogP contribution in [0.1, 0.15) is 11.8 Å². The fourth-order valence-corrected chi connectivity index (χ4v) is 2.20. The Labute approximate surface area is 126 Å². The van der Waals surface area contributed by atoms with Crippen LogP contribution in [-0.4, -0.2) is 18.7 Å². The second-order valence-corrected chi connectivity index (χ2v) is 5.34. The molecule has 0 spiro atoms. The van der Waals surface area contributed by atoms with Crippen LogP contribution >= 0.6 is 11.3 Å². The summed E-state index contributed by atoms with van der Waals surface area (Å²) in [5.74, 6) is -0.387. The van der Waals surface area contributed by atoms with E-state index in [2.05, 4.69) is 0 Å². The van der Waals surface area contributed by atoms with Crippen LogP contribution in [0, 0.1) is 5.82 Å². The van der Waals surface area contributed by atoms with E-state index in [0.29, 0.717) is 5.75 Å². The fraction of sp³-hybridized carbons (Fsp3) is 0.188. The number of ether oxygens (including phenoxy) is 2. The molecule has 0 N–H and O–H groups in total. The molecule has 0 aliphatic carbocycles. The SMILES string of the molecule is CC(COc1cccc(F)c1)OC(=O)/C=C/c1cccs1. The van der Waals surface area contributed by atoms with Gasteiger partial charge in [-0.2, -0.15) is 0 Å². The van der Waals surface area contributed by atoms with E-state index in [1.165, 1.54) is 29.5 Å². The van der Waals surface area contributed by atoms with Crippen molar-refractivity contribution in [3.8, 4) is 5.75 Å². The lowest BCUT2D eigenvalue weighted by Crippen LogP contribution is -2.20. The molecule has 1 heterocycles. The quantitative estimate of drug-likeness (QED) is 0.599. The standard InChI is InChI=1S/C16H15FO3S/c1-12(11-19-14-5-2-4-13(17)10-14)20-16(18)8-7-15-6-3-9-21-15/h2-10,12H,11H2,1H3/b8-7+. The molecular formula is C16H15FO3S. The van der Waals surface area contributed by atoms with Crippen LogP contribution in [0.15, 0.2) is 47.9 Å². The first-order valence-corrected chi connectivity index (χ1v) is 7.32. The summed E-state index contributed by atoms with van der Waals surface area (Å²) < 4.78 is 23.5. The van der Waals surface area contributed by atoms with Gasteiger partial charge in [-0.1, -0.05) is 12.1 Å². The number of esters is 1. The van der Waals surface area contributed by atoms with Gasteiger partial charge in [-0.25, -0.2) is 9.18 Å². The molecule has 2 aromatic rings. The van der Waals surface area contributed by atoms with Gasteiger partial charge in [0, 0.05) is 17.0 Å². The van der Waals surface area contributed by atoms with Crippen LogP contribution < -0.4 is 4.74 Å². The predicted octanol–water partition coefficient (Wildman–Crippen LogP) is 3.91. The van der Waals surface area contributed by atoms with E-state index >= 15 is 0 Å². The molecule has 2 rings (SSSR count). The number of hydrogen-bond acceptors (Lipinski definition) is 4. The molecule has 5 heteroatoms. The number of thiophene rings is 1. The summed E-state index contributed by atoms with van der Waals surface area (Å²) in [5.41, 5.74) is 0. The average molecular weight is 306 g/mol. The van der Waals surface area contributed by atoms with E-state index in [4.69, 9.17) is 9.47 Å². The van der Waals surface area contributed by atoms with Gasteiger partial charge in [0.25, 0.3) is 0 Å². The van der Waals surface area contributed by atoms with Crippen molar-refractivity contribution >= 4 is 23.4 Å². The van der Waals surface area contributed by atoms with Gasteiger partial charge in [-0.05, 0) is 36.6 Å². The topological polar surface area (TPSA) is 35.5 Å². The largest absolute Gasteiger partial charge is 0.490 e. The van der Waals surface area contributed by atoms with Gasteiger partial charge in [0.05, 0.1) is 0 Å². The van der Waals surface area contributed by atoms with Crippen molar-refractivity contribution in [2.45, 2.75) is 13.0 Å². The minimum absolute atomic E-state index is 0.169. The van der Waals surface area contributed by atoms with Gasteiger partial charge in [0.1, 0.15) is 24.3 Å². The van der Waals surface area contributed by atoms with E-state index < -0.39 is 12.1 Å². The van der Waals surface area contributed by atoms with Crippen LogP contribution in [0.5, 0.6) is 5.75 Å². The molecule has 0 saturated heterocycles. The summed E-state index contributed by atoms with van der Waals surface area (Å²) in [6.45, 7) is 1.89. The first-order chi connectivity index (χ1) is 10.1. The molecule has 1 atom stereocenters. The summed E-state index contributed by atoms with van der Waals surface area (Å²) in [4.78, 5) is 12.6. The Bertz CT molecular complexity index is 608. The third-order valence-electron chi connectivity index (χ3n) is 2.52. The van der Waals surface area contributed by atoms with Crippen molar-refractivity contribution in [3.05, 3.63) is 58.5 Å².